The summed E-state index contributed by atoms with van der Waals surface area (Å²) in [4.78, 5) is 0. The first kappa shape index (κ1) is 13.1. The molecule has 0 aromatic carbocycles. The maximum absolute atomic E-state index is 12.0. The number of halogens is 3. The van der Waals surface area contributed by atoms with Crippen LogP contribution in [0, 0.1) is 0 Å². The van der Waals surface area contributed by atoms with Gasteiger partial charge in [0.2, 0.25) is 0 Å². The average Bonchev–Trinajstić information content (AvgIpc) is 2.53. The Labute approximate surface area is 86.4 Å². The molecule has 0 saturated heterocycles. The van der Waals surface area contributed by atoms with E-state index in [1.54, 1.807) is 0 Å². The highest BCUT2D eigenvalue weighted by Gasteiger charge is 2.07. The van der Waals surface area contributed by atoms with E-state index in [1.165, 1.54) is 6.20 Å². The summed E-state index contributed by atoms with van der Waals surface area (Å²) >= 11 is 0. The van der Waals surface area contributed by atoms with Gasteiger partial charge in [-0.05, 0) is 13.0 Å². The van der Waals surface area contributed by atoms with Crippen LogP contribution >= 0.6 is 12.4 Å². The normalized spacial score (nSPS) is 10.0. The lowest BCUT2D eigenvalue weighted by molar-refractivity contribution is 0.0563. The first-order valence-corrected chi connectivity index (χ1v) is 3.89. The van der Waals surface area contributed by atoms with Crippen LogP contribution in [0.1, 0.15) is 13.0 Å². The second kappa shape index (κ2) is 6.56. The lowest BCUT2D eigenvalue weighted by Gasteiger charge is -2.00. The molecule has 2 N–H and O–H groups in total. The van der Waals surface area contributed by atoms with Crippen molar-refractivity contribution < 1.29 is 13.5 Å². The number of hydrogen-bond acceptors (Lipinski definition) is 3. The summed E-state index contributed by atoms with van der Waals surface area (Å²) in [6.07, 6.45) is 3.10. The summed E-state index contributed by atoms with van der Waals surface area (Å²) in [6, 6.07) is 0. The second-order valence-electron chi connectivity index (χ2n) is 2.42. The molecule has 0 bridgehead atoms. The number of nitrogens with zero attached hydrogens (tertiary/aromatic N) is 2. The molecule has 1 heterocycles. The minimum Gasteiger partial charge on any atom is -0.490 e. The van der Waals surface area contributed by atoms with Gasteiger partial charge in [-0.15, -0.1) is 12.4 Å². The molecule has 7 heteroatoms. The van der Waals surface area contributed by atoms with Gasteiger partial charge in [-0.3, -0.25) is 0 Å². The molecule has 4 nitrogen and oxygen atoms in total. The smallest absolute Gasteiger partial charge is 0.333 e. The first-order valence-electron chi connectivity index (χ1n) is 3.89. The van der Waals surface area contributed by atoms with Gasteiger partial charge in [-0.1, -0.05) is 0 Å². The number of nitrogens with two attached hydrogens (primary N) is 1. The van der Waals surface area contributed by atoms with Crippen LogP contribution < -0.4 is 10.5 Å². The Hall–Kier alpha value is -0.880. The third-order valence-corrected chi connectivity index (χ3v) is 1.39. The highest BCUT2D eigenvalue weighted by atomic mass is 35.5. The highest BCUT2D eigenvalue weighted by Crippen LogP contribution is 2.14. The third-order valence-electron chi connectivity index (χ3n) is 1.39. The standard InChI is InChI=1S/C7H11F2N3O.ClH/c8-7(9)12-5-6(4-11-12)13-3-1-2-10;/h4-5,7H,1-3,10H2;1H. The van der Waals surface area contributed by atoms with Crippen LogP contribution in [0.25, 0.3) is 0 Å². The van der Waals surface area contributed by atoms with Crippen LogP contribution in [-0.4, -0.2) is 22.9 Å². The van der Waals surface area contributed by atoms with E-state index in [4.69, 9.17) is 10.5 Å². The minimum atomic E-state index is -2.62. The Morgan fingerprint density at radius 1 is 1.57 bits per heavy atom. The van der Waals surface area contributed by atoms with Crippen molar-refractivity contribution >= 4 is 12.4 Å². The van der Waals surface area contributed by atoms with Crippen molar-refractivity contribution in [1.82, 2.24) is 9.78 Å². The van der Waals surface area contributed by atoms with Gasteiger partial charge in [-0.2, -0.15) is 13.9 Å². The maximum Gasteiger partial charge on any atom is 0.333 e. The summed E-state index contributed by atoms with van der Waals surface area (Å²) < 4.78 is 29.6. The molecule has 0 spiro atoms. The molecule has 0 amide bonds. The van der Waals surface area contributed by atoms with E-state index >= 15 is 0 Å². The van der Waals surface area contributed by atoms with E-state index < -0.39 is 6.55 Å². The molecule has 0 radical (unpaired) electrons. The van der Waals surface area contributed by atoms with Gasteiger partial charge in [0.05, 0.1) is 19.0 Å². The van der Waals surface area contributed by atoms with Crippen molar-refractivity contribution in [1.29, 1.82) is 0 Å². The number of rotatable bonds is 5. The number of hydrogen-bond donors (Lipinski definition) is 1. The molecule has 0 saturated carbocycles. The fourth-order valence-corrected chi connectivity index (χ4v) is 0.775. The molecule has 1 aromatic heterocycles. The summed E-state index contributed by atoms with van der Waals surface area (Å²) in [5.41, 5.74) is 5.23. The van der Waals surface area contributed by atoms with E-state index in [0.29, 0.717) is 30.0 Å². The van der Waals surface area contributed by atoms with Crippen molar-refractivity contribution in [3.8, 4) is 5.75 Å². The van der Waals surface area contributed by atoms with Crippen molar-refractivity contribution in [2.45, 2.75) is 13.0 Å². The summed E-state index contributed by atoms with van der Waals surface area (Å²) in [5.74, 6) is 0.341. The van der Waals surface area contributed by atoms with Gasteiger partial charge in [0, 0.05) is 0 Å². The van der Waals surface area contributed by atoms with Crippen LogP contribution in [0.15, 0.2) is 12.4 Å². The topological polar surface area (TPSA) is 53.1 Å². The average molecular weight is 228 g/mol. The van der Waals surface area contributed by atoms with E-state index in [1.807, 2.05) is 0 Å². The second-order valence-corrected chi connectivity index (χ2v) is 2.42. The molecule has 0 atom stereocenters. The third kappa shape index (κ3) is 3.89. The Kier molecular flexibility index (Phi) is 6.14. The van der Waals surface area contributed by atoms with Crippen LogP contribution in [0.5, 0.6) is 5.75 Å². The van der Waals surface area contributed by atoms with E-state index in [-0.39, 0.29) is 12.4 Å². The lowest BCUT2D eigenvalue weighted by atomic mass is 10.5. The minimum absolute atomic E-state index is 0. The van der Waals surface area contributed by atoms with Crippen molar-refractivity contribution in [2.75, 3.05) is 13.2 Å². The fraction of sp³-hybridized carbons (Fsp3) is 0.571. The molecular weight excluding hydrogens is 216 g/mol. The van der Waals surface area contributed by atoms with Gasteiger partial charge in [-0.25, -0.2) is 4.68 Å². The first-order chi connectivity index (χ1) is 6.24. The van der Waals surface area contributed by atoms with Crippen LogP contribution in [0.3, 0.4) is 0 Å². The van der Waals surface area contributed by atoms with Gasteiger partial charge < -0.3 is 10.5 Å². The lowest BCUT2D eigenvalue weighted by Crippen LogP contribution is -2.05. The summed E-state index contributed by atoms with van der Waals surface area (Å²) in [7, 11) is 0. The zero-order valence-electron chi connectivity index (χ0n) is 7.40. The van der Waals surface area contributed by atoms with Crippen LogP contribution in [-0.2, 0) is 0 Å². The molecule has 1 rings (SSSR count). The molecule has 82 valence electrons. The molecule has 0 fully saturated rings. The van der Waals surface area contributed by atoms with E-state index in [0.717, 1.165) is 6.20 Å². The molecule has 1 aromatic rings. The number of alkyl halides is 2. The van der Waals surface area contributed by atoms with Gasteiger partial charge >= 0.3 is 6.55 Å². The summed E-state index contributed by atoms with van der Waals surface area (Å²) in [5, 5.41) is 3.40. The SMILES string of the molecule is Cl.NCCCOc1cnn(C(F)F)c1. The Morgan fingerprint density at radius 3 is 2.79 bits per heavy atom. The zero-order valence-corrected chi connectivity index (χ0v) is 8.21. The molecule has 0 aliphatic carbocycles. The quantitative estimate of drug-likeness (QED) is 0.775. The Morgan fingerprint density at radius 2 is 2.29 bits per heavy atom. The number of aromatic nitrogens is 2. The van der Waals surface area contributed by atoms with Crippen molar-refractivity contribution in [3.63, 3.8) is 0 Å². The Balaban J connectivity index is 0.00000169. The molecule has 0 unspecified atom stereocenters. The predicted octanol–water partition coefficient (Wildman–Crippen LogP) is 1.43. The number of ether oxygens (including phenoxy) is 1. The van der Waals surface area contributed by atoms with Crippen molar-refractivity contribution in [2.24, 2.45) is 5.73 Å². The predicted molar refractivity (Wildman–Crippen MR) is 49.9 cm³/mol. The monoisotopic (exact) mass is 227 g/mol. The highest BCUT2D eigenvalue weighted by molar-refractivity contribution is 5.85. The molecule has 0 aliphatic rings. The van der Waals surface area contributed by atoms with Gasteiger partial charge in [0.15, 0.2) is 5.75 Å². The zero-order chi connectivity index (χ0) is 9.68. The van der Waals surface area contributed by atoms with E-state index in [2.05, 4.69) is 5.10 Å². The summed E-state index contributed by atoms with van der Waals surface area (Å²) in [6.45, 7) is -1.68. The molecule has 0 aliphatic heterocycles. The van der Waals surface area contributed by atoms with E-state index in [9.17, 15) is 8.78 Å². The Bertz CT molecular complexity index is 257. The van der Waals surface area contributed by atoms with Gasteiger partial charge in [0.25, 0.3) is 0 Å². The van der Waals surface area contributed by atoms with Crippen LogP contribution in [0.4, 0.5) is 8.78 Å². The van der Waals surface area contributed by atoms with Crippen LogP contribution in [0.2, 0.25) is 0 Å². The maximum atomic E-state index is 12.0. The molecule has 14 heavy (non-hydrogen) atoms. The van der Waals surface area contributed by atoms with Gasteiger partial charge in [0.1, 0.15) is 0 Å². The fourth-order valence-electron chi connectivity index (χ4n) is 0.775. The molecular formula is C7H12ClF2N3O. The largest absolute Gasteiger partial charge is 0.490 e. The van der Waals surface area contributed by atoms with Crippen molar-refractivity contribution in [3.05, 3.63) is 12.4 Å².